The van der Waals surface area contributed by atoms with E-state index in [1.807, 2.05) is 0 Å². The summed E-state index contributed by atoms with van der Waals surface area (Å²) in [6.45, 7) is 0. The number of rotatable bonds is 4. The normalized spacial score (nSPS) is 11.6. The third kappa shape index (κ3) is 8.23. The van der Waals surface area contributed by atoms with Gasteiger partial charge < -0.3 is 47.2 Å². The molecule has 0 saturated heterocycles. The third-order valence-electron chi connectivity index (χ3n) is 10.6. The van der Waals surface area contributed by atoms with Crippen LogP contribution in [0.1, 0.15) is 22.8 Å². The van der Waals surface area contributed by atoms with Crippen molar-refractivity contribution in [3.8, 4) is 44.5 Å². The molecule has 0 saturated carbocycles. The minimum absolute atomic E-state index is 0. The molecular weight excluding hydrogens is 1130 g/mol. The van der Waals surface area contributed by atoms with Crippen molar-refractivity contribution in [3.05, 3.63) is 163 Å². The van der Waals surface area contributed by atoms with Crippen molar-refractivity contribution in [2.24, 2.45) is 0 Å². The van der Waals surface area contributed by atoms with Crippen molar-refractivity contribution >= 4 is 46.4 Å². The molecule has 0 aliphatic carbocycles. The van der Waals surface area contributed by atoms with Gasteiger partial charge in [-0.05, 0) is 48.6 Å². The number of hydrogen-bond donors (Lipinski definition) is 2. The number of hydrogen-bond acceptors (Lipinski definition) is 2. The van der Waals surface area contributed by atoms with E-state index in [-0.39, 0.29) is 54.3 Å². The standard InChI is InChI=1S/C44H10F20N4.3ClH.Fe/c45-25-21(26(46)34(54)41(61)33(25)53)17-9-1-2-10(65-9)18(22-27(47)35(55)42(62)36(56)28(22)48)12-5-6-14(67-12)20(24-31(51)39(59)44(64)40(60)32(24)52)16-8-7-15(68-16)19(13-4-3-11(17)66-13)23-29(49)37(57)43(63)38(58)30(23)50;;;;/h1-8,65-66H;3*1H;/q;;;;+3/p-3. The fraction of sp³-hybridized carbons (Fsp3) is 0. The topological polar surface area (TPSA) is 57.4 Å². The average molecular weight is 1140 g/mol. The Morgan fingerprint density at radius 3 is 0.625 bits per heavy atom. The van der Waals surface area contributed by atoms with Gasteiger partial charge in [0, 0.05) is 44.3 Å². The van der Waals surface area contributed by atoms with Gasteiger partial charge in [-0.1, -0.05) is 0 Å². The smallest absolute Gasteiger partial charge is 1.00 e. The molecule has 375 valence electrons. The Balaban J connectivity index is 0.00000241. The van der Waals surface area contributed by atoms with Gasteiger partial charge in [0.05, 0.1) is 45.0 Å². The third-order valence-corrected chi connectivity index (χ3v) is 10.6. The maximum atomic E-state index is 15.8. The molecule has 2 aliphatic heterocycles. The Morgan fingerprint density at radius 1 is 0.222 bits per heavy atom. The van der Waals surface area contributed by atoms with E-state index in [0.717, 1.165) is 0 Å². The SMILES string of the molecule is Fc1c(F)c(F)c(-c2c3nc(c(-c4c(F)c(F)c(F)c(F)c4F)c4ccc([nH]4)c(-c4c(F)c(F)c(F)c(F)c4F)c4ccc([nH]4)c(-c4c(F)c(F)c(F)c(F)c4F)c4nc2C=C4)C=C3)c(F)c1F.[Cl-].[Cl-].[Cl-].[Fe+3]. The zero-order valence-corrected chi connectivity index (χ0v) is 36.9. The van der Waals surface area contributed by atoms with Crippen LogP contribution in [-0.2, 0) is 17.1 Å². The molecule has 2 N–H and O–H groups in total. The summed E-state index contributed by atoms with van der Waals surface area (Å²) in [6.07, 6.45) is 2.36. The van der Waals surface area contributed by atoms with Crippen molar-refractivity contribution in [1.82, 2.24) is 19.9 Å². The molecule has 28 heteroatoms. The fourth-order valence-electron chi connectivity index (χ4n) is 7.56. The monoisotopic (exact) mass is 1130 g/mol. The zero-order chi connectivity index (χ0) is 49.3. The molecule has 0 atom stereocenters. The van der Waals surface area contributed by atoms with Crippen molar-refractivity contribution < 1.29 is 142 Å². The summed E-state index contributed by atoms with van der Waals surface area (Å²) in [6, 6.07) is 2.55. The van der Waals surface area contributed by atoms with Gasteiger partial charge in [-0.3, -0.25) is 0 Å². The van der Waals surface area contributed by atoms with Crippen LogP contribution in [-0.4, -0.2) is 19.9 Å². The van der Waals surface area contributed by atoms with Crippen molar-refractivity contribution in [2.45, 2.75) is 0 Å². The Labute approximate surface area is 414 Å². The van der Waals surface area contributed by atoms with Gasteiger partial charge in [0.2, 0.25) is 23.3 Å². The molecule has 3 aromatic heterocycles. The summed E-state index contributed by atoms with van der Waals surface area (Å²) >= 11 is 0. The second kappa shape index (κ2) is 20.2. The van der Waals surface area contributed by atoms with Gasteiger partial charge in [0.1, 0.15) is 0 Å². The van der Waals surface area contributed by atoms with Crippen LogP contribution >= 0.6 is 0 Å². The summed E-state index contributed by atoms with van der Waals surface area (Å²) in [7, 11) is 0. The molecular formula is C44H10Cl3F20FeN4. The molecule has 0 unspecified atom stereocenters. The zero-order valence-electron chi connectivity index (χ0n) is 33.6. The number of H-pyrrole nitrogens is 2. The Bertz CT molecular complexity index is 3440. The molecule has 7 aromatic rings. The predicted molar refractivity (Wildman–Crippen MR) is 200 cm³/mol. The van der Waals surface area contributed by atoms with Gasteiger partial charge in [0.25, 0.3) is 0 Å². The van der Waals surface area contributed by atoms with Crippen LogP contribution in [0.2, 0.25) is 0 Å². The molecule has 9 rings (SSSR count). The first-order valence-corrected chi connectivity index (χ1v) is 18.3. The van der Waals surface area contributed by atoms with Crippen LogP contribution < -0.4 is 37.2 Å². The van der Waals surface area contributed by atoms with E-state index in [1.54, 1.807) is 0 Å². The number of halogens is 23. The molecule has 0 fully saturated rings. The van der Waals surface area contributed by atoms with Gasteiger partial charge >= 0.3 is 17.1 Å². The van der Waals surface area contributed by atoms with E-state index in [4.69, 9.17) is 0 Å². The molecule has 0 amide bonds. The van der Waals surface area contributed by atoms with Crippen molar-refractivity contribution in [2.75, 3.05) is 0 Å². The Morgan fingerprint density at radius 2 is 0.389 bits per heavy atom. The van der Waals surface area contributed by atoms with E-state index in [2.05, 4.69) is 19.9 Å². The molecule has 5 heterocycles. The van der Waals surface area contributed by atoms with Gasteiger partial charge in [-0.2, -0.15) is 0 Å². The number of nitrogens with one attached hydrogen (secondary N) is 2. The molecule has 8 bridgehead atoms. The molecule has 0 spiro atoms. The van der Waals surface area contributed by atoms with Crippen molar-refractivity contribution in [3.63, 3.8) is 0 Å². The Kier molecular flexibility index (Phi) is 15.8. The van der Waals surface area contributed by atoms with Crippen LogP contribution in [0.15, 0.2) is 24.3 Å². The van der Waals surface area contributed by atoms with E-state index in [9.17, 15) is 52.7 Å². The summed E-state index contributed by atoms with van der Waals surface area (Å²) in [5.74, 6) is -52.6. The second-order valence-corrected chi connectivity index (χ2v) is 14.3. The summed E-state index contributed by atoms with van der Waals surface area (Å²) < 4.78 is 303. The molecule has 4 aromatic carbocycles. The maximum Gasteiger partial charge on any atom is 3.00 e. The predicted octanol–water partition coefficient (Wildman–Crippen LogP) is 5.12. The molecule has 72 heavy (non-hydrogen) atoms. The van der Waals surface area contributed by atoms with Gasteiger partial charge in [0.15, 0.2) is 93.1 Å². The molecule has 4 nitrogen and oxygen atoms in total. The molecule has 1 radical (unpaired) electrons. The number of aromatic nitrogens is 4. The summed E-state index contributed by atoms with van der Waals surface area (Å²) in [5, 5.41) is 0. The van der Waals surface area contributed by atoms with Gasteiger partial charge in [-0.15, -0.1) is 0 Å². The first-order valence-electron chi connectivity index (χ1n) is 18.3. The van der Waals surface area contributed by atoms with E-state index < -0.39 is 206 Å². The number of nitrogens with zero attached hydrogens (tertiary/aromatic N) is 2. The molecule has 2 aliphatic rings. The van der Waals surface area contributed by atoms with Crippen LogP contribution in [0.4, 0.5) is 87.8 Å². The van der Waals surface area contributed by atoms with Crippen LogP contribution in [0.3, 0.4) is 0 Å². The van der Waals surface area contributed by atoms with E-state index in [1.165, 1.54) is 0 Å². The minimum Gasteiger partial charge on any atom is -1.00 e. The summed E-state index contributed by atoms with van der Waals surface area (Å²) in [5.41, 5.74) is -20.5. The fourth-order valence-corrected chi connectivity index (χ4v) is 7.56. The van der Waals surface area contributed by atoms with E-state index in [0.29, 0.717) is 48.6 Å². The van der Waals surface area contributed by atoms with Crippen LogP contribution in [0.25, 0.3) is 90.9 Å². The quantitative estimate of drug-likeness (QED) is 0.112. The largest absolute Gasteiger partial charge is 3.00 e. The number of aromatic amines is 2. The maximum absolute atomic E-state index is 15.8. The number of benzene rings is 4. The first kappa shape index (κ1) is 56.4. The minimum atomic E-state index is -2.72. The first-order chi connectivity index (χ1) is 32.1. The summed E-state index contributed by atoms with van der Waals surface area (Å²) in [4.78, 5) is 12.3. The van der Waals surface area contributed by atoms with Crippen LogP contribution in [0, 0.1) is 116 Å². The van der Waals surface area contributed by atoms with E-state index >= 15 is 35.1 Å². The second-order valence-electron chi connectivity index (χ2n) is 14.3. The number of fused-ring (bicyclic) bond motifs is 8. The van der Waals surface area contributed by atoms with Gasteiger partial charge in [-0.25, -0.2) is 97.8 Å². The average Bonchev–Trinajstić information content (AvgIpc) is 4.18. The van der Waals surface area contributed by atoms with Crippen LogP contribution in [0.5, 0.6) is 0 Å². The Hall–Kier alpha value is -6.53. The van der Waals surface area contributed by atoms with Crippen molar-refractivity contribution in [1.29, 1.82) is 0 Å².